The monoisotopic (exact) mass is 306 g/mol. The van der Waals surface area contributed by atoms with Crippen molar-refractivity contribution in [1.82, 2.24) is 0 Å². The highest BCUT2D eigenvalue weighted by Crippen LogP contribution is 2.26. The number of hydrogen-bond donors (Lipinski definition) is 1. The van der Waals surface area contributed by atoms with Crippen LogP contribution in [0.2, 0.25) is 0 Å². The molecule has 0 saturated heterocycles. The molecule has 1 atom stereocenters. The van der Waals surface area contributed by atoms with Gasteiger partial charge in [0.25, 0.3) is 5.69 Å². The fourth-order valence-corrected chi connectivity index (χ4v) is 3.04. The molecule has 0 aliphatic carbocycles. The van der Waals surface area contributed by atoms with Crippen LogP contribution in [0.5, 0.6) is 5.75 Å². The molecule has 0 heterocycles. The van der Waals surface area contributed by atoms with Crippen molar-refractivity contribution < 1.29 is 13.9 Å². The second-order valence-electron chi connectivity index (χ2n) is 4.32. The molecule has 0 amide bonds. The second kappa shape index (κ2) is 6.36. The lowest BCUT2D eigenvalue weighted by Gasteiger charge is -2.08. The Morgan fingerprint density at radius 3 is 2.67 bits per heavy atom. The molecule has 7 heteroatoms. The molecule has 0 fully saturated rings. The van der Waals surface area contributed by atoms with E-state index in [0.717, 1.165) is 0 Å². The Morgan fingerprint density at radius 1 is 1.29 bits per heavy atom. The van der Waals surface area contributed by atoms with E-state index in [1.807, 2.05) is 0 Å². The maximum atomic E-state index is 12.3. The van der Waals surface area contributed by atoms with Crippen LogP contribution in [0, 0.1) is 10.1 Å². The Balaban J connectivity index is 2.31. The first-order chi connectivity index (χ1) is 10.0. The van der Waals surface area contributed by atoms with Crippen LogP contribution in [0.3, 0.4) is 0 Å². The summed E-state index contributed by atoms with van der Waals surface area (Å²) in [7, 11) is 0.106. The quantitative estimate of drug-likeness (QED) is 0.520. The third-order valence-electron chi connectivity index (χ3n) is 2.88. The maximum Gasteiger partial charge on any atom is 0.270 e. The average Bonchev–Trinajstić information content (AvgIpc) is 2.47. The van der Waals surface area contributed by atoms with E-state index in [9.17, 15) is 14.3 Å². The van der Waals surface area contributed by atoms with Gasteiger partial charge in [0.2, 0.25) is 0 Å². The number of nitro benzene ring substituents is 1. The molecular weight excluding hydrogens is 292 g/mol. The number of methoxy groups -OCH3 is 1. The molecule has 6 nitrogen and oxygen atoms in total. The van der Waals surface area contributed by atoms with Crippen LogP contribution in [0.25, 0.3) is 0 Å². The zero-order valence-electron chi connectivity index (χ0n) is 11.3. The Labute approximate surface area is 124 Å². The van der Waals surface area contributed by atoms with E-state index in [1.165, 1.54) is 25.3 Å². The smallest absolute Gasteiger partial charge is 0.270 e. The molecule has 0 aliphatic rings. The summed E-state index contributed by atoms with van der Waals surface area (Å²) < 4.78 is 17.5. The summed E-state index contributed by atoms with van der Waals surface area (Å²) in [5, 5.41) is 10.8. The first-order valence-corrected chi connectivity index (χ1v) is 7.38. The van der Waals surface area contributed by atoms with Crippen LogP contribution >= 0.6 is 0 Å². The number of hydrogen-bond acceptors (Lipinski definition) is 5. The van der Waals surface area contributed by atoms with Gasteiger partial charge in [-0.2, -0.15) is 0 Å². The van der Waals surface area contributed by atoms with Crippen molar-refractivity contribution >= 4 is 22.2 Å². The molecule has 0 radical (unpaired) electrons. The zero-order valence-corrected chi connectivity index (χ0v) is 12.1. The van der Waals surface area contributed by atoms with Gasteiger partial charge in [-0.15, -0.1) is 0 Å². The first kappa shape index (κ1) is 15.0. The summed E-state index contributed by atoms with van der Waals surface area (Å²) in [4.78, 5) is 10.9. The fourth-order valence-electron chi connectivity index (χ4n) is 1.87. The Hall–Kier alpha value is -2.41. The van der Waals surface area contributed by atoms with Crippen LogP contribution < -0.4 is 10.5 Å². The maximum absolute atomic E-state index is 12.3. The van der Waals surface area contributed by atoms with Crippen molar-refractivity contribution in [2.75, 3.05) is 12.8 Å². The van der Waals surface area contributed by atoms with Crippen molar-refractivity contribution in [1.29, 1.82) is 0 Å². The van der Waals surface area contributed by atoms with E-state index in [-0.39, 0.29) is 11.4 Å². The Kier molecular flexibility index (Phi) is 4.54. The van der Waals surface area contributed by atoms with E-state index < -0.39 is 15.7 Å². The predicted octanol–water partition coefficient (Wildman–Crippen LogP) is 2.49. The number of nitro groups is 1. The molecule has 2 aromatic carbocycles. The first-order valence-electron chi connectivity index (χ1n) is 6.06. The third-order valence-corrected chi connectivity index (χ3v) is 4.24. The van der Waals surface area contributed by atoms with Gasteiger partial charge in [-0.3, -0.25) is 14.3 Å². The van der Waals surface area contributed by atoms with Gasteiger partial charge in [0.05, 0.1) is 28.6 Å². The van der Waals surface area contributed by atoms with E-state index in [0.29, 0.717) is 21.9 Å². The number of benzene rings is 2. The van der Waals surface area contributed by atoms with Gasteiger partial charge in [-0.05, 0) is 24.3 Å². The highest BCUT2D eigenvalue weighted by atomic mass is 32.2. The standard InChI is InChI=1S/C14H14N2O4S/c1-20-14-6-5-12(16(17)18)7-10(14)9-21(19)13-4-2-3-11(15)8-13/h2-8H,9,15H2,1H3. The summed E-state index contributed by atoms with van der Waals surface area (Å²) in [5.41, 5.74) is 6.64. The molecular formula is C14H14N2O4S. The average molecular weight is 306 g/mol. The van der Waals surface area contributed by atoms with Gasteiger partial charge >= 0.3 is 0 Å². The van der Waals surface area contributed by atoms with Crippen LogP contribution in [-0.2, 0) is 16.6 Å². The third kappa shape index (κ3) is 3.57. The lowest BCUT2D eigenvalue weighted by atomic mass is 10.2. The van der Waals surface area contributed by atoms with Gasteiger partial charge in [0.1, 0.15) is 5.75 Å². The number of ether oxygens (including phenoxy) is 1. The molecule has 0 aliphatic heterocycles. The summed E-state index contributed by atoms with van der Waals surface area (Å²) in [6, 6.07) is 11.0. The van der Waals surface area contributed by atoms with Gasteiger partial charge in [-0.25, -0.2) is 0 Å². The largest absolute Gasteiger partial charge is 0.496 e. The van der Waals surface area contributed by atoms with Crippen LogP contribution in [-0.4, -0.2) is 16.2 Å². The fraction of sp³-hybridized carbons (Fsp3) is 0.143. The molecule has 0 aromatic heterocycles. The molecule has 21 heavy (non-hydrogen) atoms. The van der Waals surface area contributed by atoms with Crippen LogP contribution in [0.1, 0.15) is 5.56 Å². The minimum atomic E-state index is -1.36. The number of rotatable bonds is 5. The van der Waals surface area contributed by atoms with Gasteiger partial charge < -0.3 is 10.5 Å². The minimum absolute atomic E-state index is 0.0598. The predicted molar refractivity (Wildman–Crippen MR) is 80.6 cm³/mol. The summed E-state index contributed by atoms with van der Waals surface area (Å²) in [5.74, 6) is 0.590. The minimum Gasteiger partial charge on any atom is -0.496 e. The normalized spacial score (nSPS) is 11.9. The molecule has 1 unspecified atom stereocenters. The van der Waals surface area contributed by atoms with Gasteiger partial charge in [-0.1, -0.05) is 6.07 Å². The lowest BCUT2D eigenvalue weighted by molar-refractivity contribution is -0.384. The van der Waals surface area contributed by atoms with Gasteiger partial charge in [0.15, 0.2) is 0 Å². The molecule has 0 saturated carbocycles. The topological polar surface area (TPSA) is 95.5 Å². The molecule has 0 bridgehead atoms. The number of nitrogens with zero attached hydrogens (tertiary/aromatic N) is 1. The number of nitrogen functional groups attached to an aromatic ring is 1. The summed E-state index contributed by atoms with van der Waals surface area (Å²) in [6.45, 7) is 0. The van der Waals surface area contributed by atoms with Crippen molar-refractivity contribution in [3.63, 3.8) is 0 Å². The van der Waals surface area contributed by atoms with Crippen molar-refractivity contribution in [3.8, 4) is 5.75 Å². The molecule has 2 rings (SSSR count). The summed E-state index contributed by atoms with van der Waals surface area (Å²) >= 11 is 0. The lowest BCUT2D eigenvalue weighted by Crippen LogP contribution is -2.01. The van der Waals surface area contributed by atoms with E-state index in [2.05, 4.69) is 0 Å². The highest BCUT2D eigenvalue weighted by molar-refractivity contribution is 7.84. The summed E-state index contributed by atoms with van der Waals surface area (Å²) in [6.07, 6.45) is 0. The Bertz CT molecular complexity index is 703. The SMILES string of the molecule is COc1ccc([N+](=O)[O-])cc1CS(=O)c1cccc(N)c1. The number of anilines is 1. The zero-order chi connectivity index (χ0) is 15.4. The van der Waals surface area contributed by atoms with E-state index in [1.54, 1.807) is 24.3 Å². The molecule has 2 N–H and O–H groups in total. The number of nitrogens with two attached hydrogens (primary N) is 1. The highest BCUT2D eigenvalue weighted by Gasteiger charge is 2.14. The van der Waals surface area contributed by atoms with Crippen LogP contribution in [0.4, 0.5) is 11.4 Å². The van der Waals surface area contributed by atoms with Crippen molar-refractivity contribution in [2.24, 2.45) is 0 Å². The van der Waals surface area contributed by atoms with E-state index >= 15 is 0 Å². The second-order valence-corrected chi connectivity index (χ2v) is 5.77. The number of non-ortho nitro benzene ring substituents is 1. The van der Waals surface area contributed by atoms with E-state index in [4.69, 9.17) is 10.5 Å². The van der Waals surface area contributed by atoms with Crippen LogP contribution in [0.15, 0.2) is 47.4 Å². The molecule has 2 aromatic rings. The Morgan fingerprint density at radius 2 is 2.05 bits per heavy atom. The molecule has 110 valence electrons. The van der Waals surface area contributed by atoms with Crippen molar-refractivity contribution in [2.45, 2.75) is 10.6 Å². The van der Waals surface area contributed by atoms with Gasteiger partial charge in [0, 0.05) is 28.3 Å². The molecule has 0 spiro atoms. The van der Waals surface area contributed by atoms with Crippen molar-refractivity contribution in [3.05, 3.63) is 58.1 Å².